The summed E-state index contributed by atoms with van der Waals surface area (Å²) in [5.41, 5.74) is 1.39. The van der Waals surface area contributed by atoms with Crippen LogP contribution in [0.5, 0.6) is 5.75 Å². The molecule has 0 aliphatic carbocycles. The van der Waals surface area contributed by atoms with Gasteiger partial charge in [0.05, 0.1) is 7.11 Å². The number of rotatable bonds is 7. The van der Waals surface area contributed by atoms with Crippen molar-refractivity contribution in [3.63, 3.8) is 0 Å². The Morgan fingerprint density at radius 2 is 1.83 bits per heavy atom. The summed E-state index contributed by atoms with van der Waals surface area (Å²) < 4.78 is 37.3. The number of aryl methyl sites for hydroxylation is 2. The molecule has 158 valence electrons. The number of ether oxygens (including phenoxy) is 1. The maximum Gasteiger partial charge on any atom is 0.245 e. The summed E-state index contributed by atoms with van der Waals surface area (Å²) >= 11 is 0. The molecule has 1 aliphatic rings. The van der Waals surface area contributed by atoms with Crippen molar-refractivity contribution >= 4 is 21.6 Å². The Morgan fingerprint density at radius 3 is 2.38 bits per heavy atom. The molecular formula is C19H26N4O5S. The van der Waals surface area contributed by atoms with Gasteiger partial charge in [0.2, 0.25) is 15.9 Å². The van der Waals surface area contributed by atoms with E-state index in [9.17, 15) is 13.2 Å². The predicted octanol–water partition coefficient (Wildman–Crippen LogP) is 1.32. The van der Waals surface area contributed by atoms with Gasteiger partial charge in [-0.3, -0.25) is 4.79 Å². The lowest BCUT2D eigenvalue weighted by Gasteiger charge is -2.36. The standard InChI is InChI=1S/C19H26N4O5S/c1-14-19(15(2)28-21-14)29(25,26)20-9-8-18(24)23-12-10-22(11-13-23)16-4-6-17(27-3)7-5-16/h4-7,20H,8-13H2,1-3H3. The summed E-state index contributed by atoms with van der Waals surface area (Å²) in [5, 5.41) is 3.66. The highest BCUT2D eigenvalue weighted by atomic mass is 32.2. The highest BCUT2D eigenvalue weighted by Crippen LogP contribution is 2.21. The molecule has 0 spiro atoms. The number of carbonyl (C=O) groups excluding carboxylic acids is 1. The topological polar surface area (TPSA) is 105 Å². The quantitative estimate of drug-likeness (QED) is 0.717. The molecule has 2 heterocycles. The zero-order valence-corrected chi connectivity index (χ0v) is 17.7. The van der Waals surface area contributed by atoms with Gasteiger partial charge >= 0.3 is 0 Å². The molecule has 1 saturated heterocycles. The van der Waals surface area contributed by atoms with Crippen LogP contribution in [-0.2, 0) is 14.8 Å². The Morgan fingerprint density at radius 1 is 1.17 bits per heavy atom. The van der Waals surface area contributed by atoms with E-state index in [0.717, 1.165) is 24.5 Å². The van der Waals surface area contributed by atoms with Crippen LogP contribution < -0.4 is 14.4 Å². The lowest BCUT2D eigenvalue weighted by Crippen LogP contribution is -2.49. The van der Waals surface area contributed by atoms with E-state index in [0.29, 0.717) is 18.8 Å². The van der Waals surface area contributed by atoms with Crippen LogP contribution >= 0.6 is 0 Å². The molecule has 2 aromatic rings. The fourth-order valence-corrected chi connectivity index (χ4v) is 4.74. The van der Waals surface area contributed by atoms with Crippen LogP contribution in [0.1, 0.15) is 17.9 Å². The Labute approximate surface area is 170 Å². The molecule has 10 heteroatoms. The van der Waals surface area contributed by atoms with Crippen molar-refractivity contribution in [3.05, 3.63) is 35.7 Å². The average molecular weight is 423 g/mol. The molecule has 1 N–H and O–H groups in total. The lowest BCUT2D eigenvalue weighted by molar-refractivity contribution is -0.131. The SMILES string of the molecule is COc1ccc(N2CCN(C(=O)CCNS(=O)(=O)c3c(C)noc3C)CC2)cc1. The minimum Gasteiger partial charge on any atom is -0.497 e. The van der Waals surface area contributed by atoms with E-state index in [1.54, 1.807) is 25.9 Å². The van der Waals surface area contributed by atoms with Crippen molar-refractivity contribution in [1.82, 2.24) is 14.8 Å². The smallest absolute Gasteiger partial charge is 0.245 e. The van der Waals surface area contributed by atoms with Crippen LogP contribution in [0.25, 0.3) is 0 Å². The molecule has 0 saturated carbocycles. The van der Waals surface area contributed by atoms with Gasteiger partial charge < -0.3 is 19.1 Å². The van der Waals surface area contributed by atoms with Gasteiger partial charge in [-0.15, -0.1) is 0 Å². The van der Waals surface area contributed by atoms with E-state index in [2.05, 4.69) is 14.8 Å². The normalized spacial score (nSPS) is 14.9. The van der Waals surface area contributed by atoms with Gasteiger partial charge in [0.25, 0.3) is 0 Å². The van der Waals surface area contributed by atoms with E-state index in [1.165, 1.54) is 0 Å². The molecule has 0 atom stereocenters. The Kier molecular flexibility index (Phi) is 6.43. The average Bonchev–Trinajstić information content (AvgIpc) is 3.07. The largest absolute Gasteiger partial charge is 0.497 e. The Bertz CT molecular complexity index is 928. The van der Waals surface area contributed by atoms with E-state index in [4.69, 9.17) is 9.26 Å². The molecule has 1 aliphatic heterocycles. The highest BCUT2D eigenvalue weighted by molar-refractivity contribution is 7.89. The van der Waals surface area contributed by atoms with Gasteiger partial charge in [-0.1, -0.05) is 5.16 Å². The van der Waals surface area contributed by atoms with Crippen LogP contribution in [0, 0.1) is 13.8 Å². The number of aromatic nitrogens is 1. The summed E-state index contributed by atoms with van der Waals surface area (Å²) in [6.45, 7) is 5.79. The first-order valence-corrected chi connectivity index (χ1v) is 10.9. The number of hydrogen-bond donors (Lipinski definition) is 1. The van der Waals surface area contributed by atoms with Crippen LogP contribution in [-0.4, -0.2) is 64.2 Å². The first kappa shape index (κ1) is 21.1. The number of sulfonamides is 1. The van der Waals surface area contributed by atoms with Crippen LogP contribution in [0.3, 0.4) is 0 Å². The first-order chi connectivity index (χ1) is 13.8. The monoisotopic (exact) mass is 422 g/mol. The molecule has 1 fully saturated rings. The van der Waals surface area contributed by atoms with Crippen LogP contribution in [0.15, 0.2) is 33.7 Å². The Balaban J connectivity index is 1.47. The lowest BCUT2D eigenvalue weighted by atomic mass is 10.2. The fraction of sp³-hybridized carbons (Fsp3) is 0.474. The molecule has 1 aromatic carbocycles. The number of amides is 1. The number of hydrogen-bond acceptors (Lipinski definition) is 7. The van der Waals surface area contributed by atoms with Gasteiger partial charge in [-0.25, -0.2) is 13.1 Å². The number of carbonyl (C=O) groups is 1. The molecular weight excluding hydrogens is 396 g/mol. The highest BCUT2D eigenvalue weighted by Gasteiger charge is 2.25. The summed E-state index contributed by atoms with van der Waals surface area (Å²) in [4.78, 5) is 16.5. The van der Waals surface area contributed by atoms with Gasteiger partial charge in [0.1, 0.15) is 16.3 Å². The molecule has 1 amide bonds. The number of nitrogens with zero attached hydrogens (tertiary/aromatic N) is 3. The minimum absolute atomic E-state index is 0.0317. The first-order valence-electron chi connectivity index (χ1n) is 9.41. The Hall–Kier alpha value is -2.59. The molecule has 0 radical (unpaired) electrons. The zero-order valence-electron chi connectivity index (χ0n) is 16.8. The van der Waals surface area contributed by atoms with Gasteiger partial charge in [0, 0.05) is 44.8 Å². The van der Waals surface area contributed by atoms with Crippen LogP contribution in [0.4, 0.5) is 5.69 Å². The minimum atomic E-state index is -3.75. The van der Waals surface area contributed by atoms with E-state index in [-0.39, 0.29) is 29.5 Å². The maximum atomic E-state index is 12.5. The summed E-state index contributed by atoms with van der Waals surface area (Å²) in [5.74, 6) is 0.971. The predicted molar refractivity (Wildman–Crippen MR) is 108 cm³/mol. The number of anilines is 1. The third-order valence-corrected chi connectivity index (χ3v) is 6.64. The molecule has 3 rings (SSSR count). The van der Waals surface area contributed by atoms with Crippen molar-refractivity contribution in [3.8, 4) is 5.75 Å². The van der Waals surface area contributed by atoms with Crippen molar-refractivity contribution in [2.75, 3.05) is 44.7 Å². The van der Waals surface area contributed by atoms with Crippen molar-refractivity contribution in [1.29, 1.82) is 0 Å². The van der Waals surface area contributed by atoms with E-state index < -0.39 is 10.0 Å². The molecule has 1 aromatic heterocycles. The van der Waals surface area contributed by atoms with Gasteiger partial charge in [-0.05, 0) is 38.1 Å². The van der Waals surface area contributed by atoms with Gasteiger partial charge in [-0.2, -0.15) is 0 Å². The summed E-state index contributed by atoms with van der Waals surface area (Å²) in [6, 6.07) is 7.83. The third kappa shape index (κ3) is 4.88. The van der Waals surface area contributed by atoms with E-state index >= 15 is 0 Å². The number of benzene rings is 1. The molecule has 9 nitrogen and oxygen atoms in total. The second kappa shape index (κ2) is 8.83. The summed E-state index contributed by atoms with van der Waals surface area (Å²) in [6.07, 6.45) is 0.102. The second-order valence-electron chi connectivity index (χ2n) is 6.87. The fourth-order valence-electron chi connectivity index (χ4n) is 3.39. The summed E-state index contributed by atoms with van der Waals surface area (Å²) in [7, 11) is -2.12. The van der Waals surface area contributed by atoms with E-state index in [1.807, 2.05) is 24.3 Å². The number of nitrogens with one attached hydrogen (secondary N) is 1. The number of piperazine rings is 1. The van der Waals surface area contributed by atoms with Crippen LogP contribution in [0.2, 0.25) is 0 Å². The third-order valence-electron chi connectivity index (χ3n) is 4.94. The number of methoxy groups -OCH3 is 1. The molecule has 29 heavy (non-hydrogen) atoms. The van der Waals surface area contributed by atoms with Gasteiger partial charge in [0.15, 0.2) is 5.76 Å². The second-order valence-corrected chi connectivity index (χ2v) is 8.57. The molecule has 0 unspecified atom stereocenters. The maximum absolute atomic E-state index is 12.5. The zero-order chi connectivity index (χ0) is 21.0. The van der Waals surface area contributed by atoms with Crippen molar-refractivity contribution in [2.45, 2.75) is 25.2 Å². The molecule has 0 bridgehead atoms. The van der Waals surface area contributed by atoms with Crippen molar-refractivity contribution in [2.24, 2.45) is 0 Å². The van der Waals surface area contributed by atoms with Crippen molar-refractivity contribution < 1.29 is 22.5 Å².